The van der Waals surface area contributed by atoms with Crippen LogP contribution in [0.25, 0.3) is 0 Å². The number of carbonyl (C=O) groups is 1. The molecule has 0 radical (unpaired) electrons. The Morgan fingerprint density at radius 1 is 1.33 bits per heavy atom. The third-order valence-corrected chi connectivity index (χ3v) is 1.99. The Morgan fingerprint density at radius 2 is 1.93 bits per heavy atom. The van der Waals surface area contributed by atoms with Gasteiger partial charge in [-0.15, -0.1) is 0 Å². The highest BCUT2D eigenvalue weighted by atomic mass is 16.5. The van der Waals surface area contributed by atoms with Crippen LogP contribution >= 0.6 is 0 Å². The highest BCUT2D eigenvalue weighted by Gasteiger charge is 2.19. The molecule has 0 heterocycles. The van der Waals surface area contributed by atoms with Crippen LogP contribution in [0.3, 0.4) is 0 Å². The zero-order chi connectivity index (χ0) is 11.5. The number of hydrogen-bond donors (Lipinski definition) is 0. The van der Waals surface area contributed by atoms with Crippen molar-refractivity contribution in [1.82, 2.24) is 0 Å². The van der Waals surface area contributed by atoms with Gasteiger partial charge >= 0.3 is 5.97 Å². The smallest absolute Gasteiger partial charge is 0.415 e. The summed E-state index contributed by atoms with van der Waals surface area (Å²) in [5, 5.41) is 8.37. The van der Waals surface area contributed by atoms with E-state index in [1.54, 1.807) is 12.1 Å². The molecular weight excluding hydrogens is 190 g/mol. The van der Waals surface area contributed by atoms with E-state index in [0.717, 1.165) is 5.56 Å². The quantitative estimate of drug-likeness (QED) is 0.400. The average Bonchev–Trinajstić information content (AvgIpc) is 2.17. The fraction of sp³-hybridized carbons (Fsp3) is 0.333. The average molecular weight is 203 g/mol. The zero-order valence-corrected chi connectivity index (χ0v) is 9.07. The summed E-state index contributed by atoms with van der Waals surface area (Å²) >= 11 is 0. The molecule has 15 heavy (non-hydrogen) atoms. The standard InChI is InChI=1S/C12H13NO2/c1-12(2,3)9-6-4-5-7-10(9)15-11(14)8-13/h4-7H,1-3H3. The van der Waals surface area contributed by atoms with Crippen LogP contribution in [0, 0.1) is 11.3 Å². The minimum Gasteiger partial charge on any atom is -0.415 e. The van der Waals surface area contributed by atoms with E-state index in [1.165, 1.54) is 6.07 Å². The topological polar surface area (TPSA) is 50.1 Å². The van der Waals surface area contributed by atoms with Crippen molar-refractivity contribution in [2.75, 3.05) is 0 Å². The van der Waals surface area contributed by atoms with E-state index in [9.17, 15) is 4.79 Å². The maximum atomic E-state index is 10.9. The van der Waals surface area contributed by atoms with E-state index in [0.29, 0.717) is 5.75 Å². The van der Waals surface area contributed by atoms with Crippen LogP contribution in [-0.2, 0) is 10.2 Å². The fourth-order valence-electron chi connectivity index (χ4n) is 1.30. The van der Waals surface area contributed by atoms with Crippen molar-refractivity contribution in [3.05, 3.63) is 29.8 Å². The lowest BCUT2D eigenvalue weighted by molar-refractivity contribution is -0.128. The van der Waals surface area contributed by atoms with Gasteiger partial charge in [0.1, 0.15) is 5.75 Å². The molecule has 0 N–H and O–H groups in total. The van der Waals surface area contributed by atoms with Gasteiger partial charge in [-0.2, -0.15) is 5.26 Å². The van der Waals surface area contributed by atoms with Gasteiger partial charge in [0.2, 0.25) is 0 Å². The van der Waals surface area contributed by atoms with Gasteiger partial charge in [-0.25, -0.2) is 4.79 Å². The summed E-state index contributed by atoms with van der Waals surface area (Å²) in [4.78, 5) is 10.9. The number of rotatable bonds is 1. The summed E-state index contributed by atoms with van der Waals surface area (Å²) in [6.45, 7) is 6.06. The first-order chi connectivity index (χ1) is 6.95. The van der Waals surface area contributed by atoms with E-state index >= 15 is 0 Å². The molecule has 0 fully saturated rings. The number of hydrogen-bond acceptors (Lipinski definition) is 3. The summed E-state index contributed by atoms with van der Waals surface area (Å²) in [6.07, 6.45) is 0. The van der Waals surface area contributed by atoms with Crippen LogP contribution in [-0.4, -0.2) is 5.97 Å². The van der Waals surface area contributed by atoms with Gasteiger partial charge in [-0.1, -0.05) is 39.0 Å². The number of ether oxygens (including phenoxy) is 1. The van der Waals surface area contributed by atoms with Crippen LogP contribution in [0.2, 0.25) is 0 Å². The second-order valence-corrected chi connectivity index (χ2v) is 4.25. The first-order valence-corrected chi connectivity index (χ1v) is 4.66. The van der Waals surface area contributed by atoms with Crippen molar-refractivity contribution in [2.24, 2.45) is 0 Å². The zero-order valence-electron chi connectivity index (χ0n) is 9.07. The van der Waals surface area contributed by atoms with E-state index < -0.39 is 5.97 Å². The maximum absolute atomic E-state index is 10.9. The summed E-state index contributed by atoms with van der Waals surface area (Å²) in [6, 6.07) is 8.66. The number of para-hydroxylation sites is 1. The third-order valence-electron chi connectivity index (χ3n) is 1.99. The molecule has 0 amide bonds. The van der Waals surface area contributed by atoms with Crippen LogP contribution in [0.5, 0.6) is 5.75 Å². The van der Waals surface area contributed by atoms with Gasteiger partial charge in [-0.05, 0) is 11.5 Å². The highest BCUT2D eigenvalue weighted by molar-refractivity contribution is 5.87. The fourth-order valence-corrected chi connectivity index (χ4v) is 1.30. The minimum absolute atomic E-state index is 0.119. The second kappa shape index (κ2) is 4.14. The maximum Gasteiger partial charge on any atom is 0.416 e. The number of esters is 1. The lowest BCUT2D eigenvalue weighted by Crippen LogP contribution is -2.15. The third kappa shape index (κ3) is 2.81. The molecule has 0 unspecified atom stereocenters. The molecule has 0 aliphatic carbocycles. The molecule has 0 atom stereocenters. The van der Waals surface area contributed by atoms with Gasteiger partial charge in [0.15, 0.2) is 6.07 Å². The number of benzene rings is 1. The normalized spacial score (nSPS) is 10.5. The Labute approximate surface area is 89.3 Å². The Balaban J connectivity index is 3.09. The molecule has 0 spiro atoms. The van der Waals surface area contributed by atoms with Gasteiger partial charge < -0.3 is 4.74 Å². The van der Waals surface area contributed by atoms with Crippen LogP contribution < -0.4 is 4.74 Å². The van der Waals surface area contributed by atoms with E-state index in [4.69, 9.17) is 10.00 Å². The van der Waals surface area contributed by atoms with Crippen molar-refractivity contribution in [1.29, 1.82) is 5.26 Å². The lowest BCUT2D eigenvalue weighted by atomic mass is 9.86. The van der Waals surface area contributed by atoms with Crippen LogP contribution in [0.1, 0.15) is 26.3 Å². The molecule has 78 valence electrons. The molecular formula is C12H13NO2. The molecule has 1 rings (SSSR count). The summed E-state index contributed by atoms with van der Waals surface area (Å²) in [7, 11) is 0. The van der Waals surface area contributed by atoms with E-state index in [2.05, 4.69) is 0 Å². The van der Waals surface area contributed by atoms with Crippen molar-refractivity contribution < 1.29 is 9.53 Å². The van der Waals surface area contributed by atoms with Crippen molar-refractivity contribution in [3.63, 3.8) is 0 Å². The molecule has 1 aromatic carbocycles. The lowest BCUT2D eigenvalue weighted by Gasteiger charge is -2.21. The molecule has 3 nitrogen and oxygen atoms in total. The summed E-state index contributed by atoms with van der Waals surface area (Å²) < 4.78 is 4.92. The first-order valence-electron chi connectivity index (χ1n) is 4.66. The largest absolute Gasteiger partial charge is 0.416 e. The van der Waals surface area contributed by atoms with Gasteiger partial charge in [0.25, 0.3) is 0 Å². The Bertz CT molecular complexity index is 410. The summed E-state index contributed by atoms with van der Waals surface area (Å²) in [5.74, 6) is -0.428. The van der Waals surface area contributed by atoms with Gasteiger partial charge in [0.05, 0.1) is 0 Å². The summed E-state index contributed by atoms with van der Waals surface area (Å²) in [5.41, 5.74) is 0.792. The van der Waals surface area contributed by atoms with Gasteiger partial charge in [-0.3, -0.25) is 0 Å². The van der Waals surface area contributed by atoms with E-state index in [1.807, 2.05) is 32.9 Å². The first kappa shape index (κ1) is 11.3. The molecule has 1 aromatic rings. The number of nitrogens with zero attached hydrogens (tertiary/aromatic N) is 1. The molecule has 0 saturated carbocycles. The van der Waals surface area contributed by atoms with Crippen molar-refractivity contribution in [3.8, 4) is 11.8 Å². The predicted octanol–water partition coefficient (Wildman–Crippen LogP) is 2.41. The van der Waals surface area contributed by atoms with Crippen molar-refractivity contribution in [2.45, 2.75) is 26.2 Å². The second-order valence-electron chi connectivity index (χ2n) is 4.25. The monoisotopic (exact) mass is 203 g/mol. The number of carbonyl (C=O) groups excluding carboxylic acids is 1. The molecule has 0 aromatic heterocycles. The molecule has 3 heteroatoms. The number of nitriles is 1. The molecule has 0 aliphatic rings. The molecule has 0 saturated heterocycles. The van der Waals surface area contributed by atoms with E-state index in [-0.39, 0.29) is 5.41 Å². The Kier molecular flexibility index (Phi) is 3.11. The predicted molar refractivity (Wildman–Crippen MR) is 56.4 cm³/mol. The molecule has 0 aliphatic heterocycles. The van der Waals surface area contributed by atoms with Crippen LogP contribution in [0.4, 0.5) is 0 Å². The Morgan fingerprint density at radius 3 is 2.47 bits per heavy atom. The van der Waals surface area contributed by atoms with Crippen LogP contribution in [0.15, 0.2) is 24.3 Å². The van der Waals surface area contributed by atoms with Crippen molar-refractivity contribution >= 4 is 5.97 Å². The minimum atomic E-state index is -0.883. The SMILES string of the molecule is CC(C)(C)c1ccccc1OC(=O)C#N. The van der Waals surface area contributed by atoms with Gasteiger partial charge in [0, 0.05) is 5.56 Å². The Hall–Kier alpha value is -1.82. The highest BCUT2D eigenvalue weighted by Crippen LogP contribution is 2.30. The molecule has 0 bridgehead atoms.